The number of hydrogen-bond donors (Lipinski definition) is 1. The van der Waals surface area contributed by atoms with Crippen LogP contribution in [0.1, 0.15) is 6.42 Å². The minimum Gasteiger partial charge on any atom is -0.292 e. The van der Waals surface area contributed by atoms with Gasteiger partial charge in [-0.05, 0) is 5.92 Å². The van der Waals surface area contributed by atoms with E-state index in [1.54, 1.807) is 0 Å². The van der Waals surface area contributed by atoms with Crippen molar-refractivity contribution in [3.63, 3.8) is 0 Å². The number of aromatic nitrogens is 2. The topological polar surface area (TPSA) is 66.1 Å². The summed E-state index contributed by atoms with van der Waals surface area (Å²) in [5.74, 6) is 0.646. The van der Waals surface area contributed by atoms with Crippen molar-refractivity contribution in [1.29, 1.82) is 0 Å². The Morgan fingerprint density at radius 3 is 3.00 bits per heavy atom. The Morgan fingerprint density at radius 1 is 1.60 bits per heavy atom. The lowest BCUT2D eigenvalue weighted by molar-refractivity contribution is -0.117. The van der Waals surface area contributed by atoms with Crippen LogP contribution in [0, 0.1) is 5.92 Å². The predicted molar refractivity (Wildman–Crippen MR) is 59.1 cm³/mol. The number of nitrogens with one attached hydrogen (secondary N) is 1. The molecule has 0 radical (unpaired) electrons. The number of nitrogens with zero attached hydrogens (tertiary/aromatic N) is 2. The quantitative estimate of drug-likeness (QED) is 0.798. The minimum absolute atomic E-state index is 0.00815. The molecular formula is C9H10BrN3O2. The van der Waals surface area contributed by atoms with Gasteiger partial charge in [-0.25, -0.2) is 4.98 Å². The third-order valence-electron chi connectivity index (χ3n) is 2.34. The van der Waals surface area contributed by atoms with Gasteiger partial charge in [0.25, 0.3) is 5.56 Å². The summed E-state index contributed by atoms with van der Waals surface area (Å²) >= 11 is 3.35. The molecule has 1 unspecified atom stereocenters. The summed E-state index contributed by atoms with van der Waals surface area (Å²) in [6.07, 6.45) is 1.91. The molecule has 1 fully saturated rings. The zero-order valence-electron chi connectivity index (χ0n) is 7.94. The van der Waals surface area contributed by atoms with Gasteiger partial charge in [-0.1, -0.05) is 15.9 Å². The molecule has 1 saturated heterocycles. The number of H-pyrrole nitrogens is 1. The van der Waals surface area contributed by atoms with Gasteiger partial charge in [0.05, 0.1) is 0 Å². The summed E-state index contributed by atoms with van der Waals surface area (Å²) in [6, 6.07) is 1.33. The summed E-state index contributed by atoms with van der Waals surface area (Å²) in [4.78, 5) is 30.7. The molecule has 2 heterocycles. The number of alkyl halides is 1. The van der Waals surface area contributed by atoms with Crippen LogP contribution in [-0.4, -0.2) is 27.7 Å². The van der Waals surface area contributed by atoms with Crippen molar-refractivity contribution < 1.29 is 4.79 Å². The van der Waals surface area contributed by atoms with Crippen LogP contribution in [0.2, 0.25) is 0 Å². The lowest BCUT2D eigenvalue weighted by Gasteiger charge is -2.13. The van der Waals surface area contributed by atoms with E-state index in [0.717, 1.165) is 5.33 Å². The fraction of sp³-hybridized carbons (Fsp3) is 0.444. The number of halogens is 1. The first kappa shape index (κ1) is 10.4. The van der Waals surface area contributed by atoms with E-state index in [9.17, 15) is 9.59 Å². The maximum atomic E-state index is 11.6. The third kappa shape index (κ3) is 2.09. The maximum Gasteiger partial charge on any atom is 0.252 e. The van der Waals surface area contributed by atoms with Crippen LogP contribution in [0.4, 0.5) is 5.95 Å². The van der Waals surface area contributed by atoms with Crippen molar-refractivity contribution in [1.82, 2.24) is 9.97 Å². The highest BCUT2D eigenvalue weighted by atomic mass is 79.9. The Balaban J connectivity index is 2.25. The van der Waals surface area contributed by atoms with Crippen molar-refractivity contribution in [3.05, 3.63) is 22.6 Å². The van der Waals surface area contributed by atoms with Crippen LogP contribution in [0.3, 0.4) is 0 Å². The molecule has 1 aliphatic rings. The maximum absolute atomic E-state index is 11.6. The van der Waals surface area contributed by atoms with Gasteiger partial charge in [0.1, 0.15) is 0 Å². The number of hydrogen-bond acceptors (Lipinski definition) is 3. The molecule has 0 bridgehead atoms. The molecule has 0 aromatic carbocycles. The molecule has 5 nitrogen and oxygen atoms in total. The molecule has 1 aromatic heterocycles. The molecule has 15 heavy (non-hydrogen) atoms. The first-order valence-electron chi connectivity index (χ1n) is 4.62. The van der Waals surface area contributed by atoms with E-state index >= 15 is 0 Å². The van der Waals surface area contributed by atoms with Crippen molar-refractivity contribution in [3.8, 4) is 0 Å². The number of carbonyl (C=O) groups excluding carboxylic acids is 1. The zero-order valence-corrected chi connectivity index (χ0v) is 9.53. The normalized spacial score (nSPS) is 21.0. The van der Waals surface area contributed by atoms with Gasteiger partial charge in [0.15, 0.2) is 0 Å². The van der Waals surface area contributed by atoms with E-state index in [0.29, 0.717) is 24.8 Å². The molecule has 0 saturated carbocycles. The number of rotatable bonds is 2. The van der Waals surface area contributed by atoms with Crippen LogP contribution in [0.5, 0.6) is 0 Å². The lowest BCUT2D eigenvalue weighted by Crippen LogP contribution is -2.28. The molecular weight excluding hydrogens is 262 g/mol. The number of anilines is 1. The molecule has 0 aliphatic carbocycles. The zero-order chi connectivity index (χ0) is 10.8. The molecule has 1 N–H and O–H groups in total. The minimum atomic E-state index is -0.241. The molecule has 6 heteroatoms. The third-order valence-corrected chi connectivity index (χ3v) is 3.25. The second kappa shape index (κ2) is 4.14. The van der Waals surface area contributed by atoms with Gasteiger partial charge in [0, 0.05) is 30.6 Å². The highest BCUT2D eigenvalue weighted by Gasteiger charge is 2.30. The molecule has 1 atom stereocenters. The van der Waals surface area contributed by atoms with Crippen LogP contribution in [0.25, 0.3) is 0 Å². The van der Waals surface area contributed by atoms with Crippen molar-refractivity contribution in [2.75, 3.05) is 16.8 Å². The van der Waals surface area contributed by atoms with Crippen LogP contribution < -0.4 is 10.5 Å². The first-order valence-corrected chi connectivity index (χ1v) is 5.74. The van der Waals surface area contributed by atoms with E-state index in [2.05, 4.69) is 25.9 Å². The summed E-state index contributed by atoms with van der Waals surface area (Å²) in [6.45, 7) is 0.608. The summed E-state index contributed by atoms with van der Waals surface area (Å²) < 4.78 is 0. The van der Waals surface area contributed by atoms with Gasteiger partial charge in [-0.2, -0.15) is 0 Å². The summed E-state index contributed by atoms with van der Waals surface area (Å²) in [5.41, 5.74) is -0.241. The second-order valence-electron chi connectivity index (χ2n) is 3.49. The fourth-order valence-electron chi connectivity index (χ4n) is 1.59. The van der Waals surface area contributed by atoms with Gasteiger partial charge in [0.2, 0.25) is 11.9 Å². The standard InChI is InChI=1S/C9H10BrN3O2/c10-4-6-3-8(15)13(5-6)9-11-2-1-7(14)12-9/h1-2,6H,3-5H2,(H,11,12,14). The smallest absolute Gasteiger partial charge is 0.252 e. The summed E-state index contributed by atoms with van der Waals surface area (Å²) in [7, 11) is 0. The van der Waals surface area contributed by atoms with Gasteiger partial charge in [-0.3, -0.25) is 19.5 Å². The SMILES string of the molecule is O=C1CC(CBr)CN1c1nccc(=O)[nH]1. The molecule has 1 aromatic rings. The van der Waals surface area contributed by atoms with E-state index < -0.39 is 0 Å². The van der Waals surface area contributed by atoms with E-state index in [4.69, 9.17) is 0 Å². The van der Waals surface area contributed by atoms with Crippen LogP contribution >= 0.6 is 15.9 Å². The Hall–Kier alpha value is -1.17. The summed E-state index contributed by atoms with van der Waals surface area (Å²) in [5, 5.41) is 0.784. The molecule has 0 spiro atoms. The molecule has 80 valence electrons. The van der Waals surface area contributed by atoms with Crippen molar-refractivity contribution >= 4 is 27.8 Å². The van der Waals surface area contributed by atoms with Gasteiger partial charge in [-0.15, -0.1) is 0 Å². The molecule has 1 amide bonds. The molecule has 1 aliphatic heterocycles. The largest absolute Gasteiger partial charge is 0.292 e. The Kier molecular flexibility index (Phi) is 2.86. The molecule has 2 rings (SSSR count). The Bertz CT molecular complexity index is 431. The number of amides is 1. The van der Waals surface area contributed by atoms with E-state index in [-0.39, 0.29) is 11.5 Å². The highest BCUT2D eigenvalue weighted by Crippen LogP contribution is 2.22. The Labute approximate surface area is 94.6 Å². The van der Waals surface area contributed by atoms with Crippen molar-refractivity contribution in [2.45, 2.75) is 6.42 Å². The monoisotopic (exact) mass is 271 g/mol. The second-order valence-corrected chi connectivity index (χ2v) is 4.13. The van der Waals surface area contributed by atoms with Gasteiger partial charge < -0.3 is 0 Å². The number of carbonyl (C=O) groups is 1. The predicted octanol–water partition coefficient (Wildman–Crippen LogP) is 0.518. The Morgan fingerprint density at radius 2 is 2.40 bits per heavy atom. The van der Waals surface area contributed by atoms with Gasteiger partial charge >= 0.3 is 0 Å². The van der Waals surface area contributed by atoms with Crippen molar-refractivity contribution in [2.24, 2.45) is 5.92 Å². The number of aromatic amines is 1. The average molecular weight is 272 g/mol. The van der Waals surface area contributed by atoms with Crippen LogP contribution in [0.15, 0.2) is 17.1 Å². The fourth-order valence-corrected chi connectivity index (χ4v) is 2.02. The lowest BCUT2D eigenvalue weighted by atomic mass is 10.2. The van der Waals surface area contributed by atoms with Crippen LogP contribution in [-0.2, 0) is 4.79 Å². The van der Waals surface area contributed by atoms with E-state index in [1.807, 2.05) is 0 Å². The highest BCUT2D eigenvalue weighted by molar-refractivity contribution is 9.09. The van der Waals surface area contributed by atoms with E-state index in [1.165, 1.54) is 17.2 Å². The first-order chi connectivity index (χ1) is 7.20. The average Bonchev–Trinajstić information content (AvgIpc) is 2.60.